The predicted octanol–water partition coefficient (Wildman–Crippen LogP) is 3.23. The molecule has 2 heterocycles. The number of anilines is 1. The van der Waals surface area contributed by atoms with Crippen molar-refractivity contribution in [2.24, 2.45) is 5.92 Å². The Morgan fingerprint density at radius 1 is 1.10 bits per heavy atom. The monoisotopic (exact) mass is 409 g/mol. The fourth-order valence-corrected chi connectivity index (χ4v) is 3.95. The highest BCUT2D eigenvalue weighted by molar-refractivity contribution is 5.90. The molecule has 7 heteroatoms. The number of carbonyl (C=O) groups excluding carboxylic acids is 2. The Balaban J connectivity index is 1.31. The summed E-state index contributed by atoms with van der Waals surface area (Å²) in [5, 5.41) is 2.90. The number of urea groups is 1. The van der Waals surface area contributed by atoms with Crippen molar-refractivity contribution in [3.63, 3.8) is 0 Å². The van der Waals surface area contributed by atoms with Crippen molar-refractivity contribution in [3.05, 3.63) is 54.6 Å². The first-order chi connectivity index (χ1) is 14.6. The van der Waals surface area contributed by atoms with Gasteiger partial charge in [0.1, 0.15) is 6.61 Å². The topological polar surface area (TPSA) is 71.1 Å². The molecule has 30 heavy (non-hydrogen) atoms. The number of benzene rings is 2. The number of para-hydroxylation sites is 3. The first kappa shape index (κ1) is 20.1. The summed E-state index contributed by atoms with van der Waals surface area (Å²) in [7, 11) is 1.79. The Kier molecular flexibility index (Phi) is 6.07. The molecule has 1 N–H and O–H groups in total. The van der Waals surface area contributed by atoms with Gasteiger partial charge in [0.25, 0.3) is 0 Å². The highest BCUT2D eigenvalue weighted by Crippen LogP contribution is 2.31. The minimum atomic E-state index is -0.213. The number of likely N-dealkylation sites (tertiary alicyclic amines) is 1. The minimum Gasteiger partial charge on any atom is -0.486 e. The second kappa shape index (κ2) is 9.07. The molecule has 0 aromatic heterocycles. The van der Waals surface area contributed by atoms with Crippen LogP contribution < -0.4 is 14.8 Å². The summed E-state index contributed by atoms with van der Waals surface area (Å²) in [6.45, 7) is 1.93. The van der Waals surface area contributed by atoms with Gasteiger partial charge in [0.15, 0.2) is 17.6 Å². The van der Waals surface area contributed by atoms with E-state index in [2.05, 4.69) is 5.32 Å². The van der Waals surface area contributed by atoms with Crippen LogP contribution >= 0.6 is 0 Å². The SMILES string of the molecule is CN(C[C@@H]1COc2ccccc2O1)C(=O)[C@@H]1CCCN(C(=O)Nc2ccccc2)C1. The number of hydrogen-bond donors (Lipinski definition) is 1. The number of carbonyl (C=O) groups is 2. The number of hydrogen-bond acceptors (Lipinski definition) is 4. The molecule has 0 saturated carbocycles. The predicted molar refractivity (Wildman–Crippen MR) is 114 cm³/mol. The number of rotatable bonds is 4. The van der Waals surface area contributed by atoms with Crippen LogP contribution in [0.25, 0.3) is 0 Å². The van der Waals surface area contributed by atoms with Crippen LogP contribution in [0.5, 0.6) is 11.5 Å². The van der Waals surface area contributed by atoms with Gasteiger partial charge in [0.2, 0.25) is 5.91 Å². The van der Waals surface area contributed by atoms with Crippen LogP contribution in [0.2, 0.25) is 0 Å². The van der Waals surface area contributed by atoms with Crippen molar-refractivity contribution in [2.75, 3.05) is 38.6 Å². The number of nitrogens with one attached hydrogen (secondary N) is 1. The third-order valence-corrected chi connectivity index (χ3v) is 5.50. The van der Waals surface area contributed by atoms with E-state index in [1.807, 2.05) is 54.6 Å². The number of amides is 3. The third-order valence-electron chi connectivity index (χ3n) is 5.50. The van der Waals surface area contributed by atoms with Gasteiger partial charge < -0.3 is 24.6 Å². The molecule has 4 rings (SSSR count). The Labute approximate surface area is 176 Å². The van der Waals surface area contributed by atoms with Crippen molar-refractivity contribution in [1.29, 1.82) is 0 Å². The number of nitrogens with zero attached hydrogens (tertiary/aromatic N) is 2. The lowest BCUT2D eigenvalue weighted by Gasteiger charge is -2.35. The summed E-state index contributed by atoms with van der Waals surface area (Å²) in [5.74, 6) is 1.27. The zero-order chi connectivity index (χ0) is 20.9. The molecule has 0 aliphatic carbocycles. The van der Waals surface area contributed by atoms with Crippen molar-refractivity contribution in [2.45, 2.75) is 18.9 Å². The molecule has 0 bridgehead atoms. The second-order valence-corrected chi connectivity index (χ2v) is 7.80. The quantitative estimate of drug-likeness (QED) is 0.842. The standard InChI is InChI=1S/C23H27N3O4/c1-25(15-19-16-29-20-11-5-6-12-21(20)30-19)22(27)17-8-7-13-26(14-17)23(28)24-18-9-3-2-4-10-18/h2-6,9-12,17,19H,7-8,13-16H2,1H3,(H,24,28)/t17-,19-/m1/s1. The first-order valence-corrected chi connectivity index (χ1v) is 10.3. The molecular weight excluding hydrogens is 382 g/mol. The summed E-state index contributed by atoms with van der Waals surface area (Å²) >= 11 is 0. The first-order valence-electron chi connectivity index (χ1n) is 10.3. The lowest BCUT2D eigenvalue weighted by molar-refractivity contribution is -0.137. The molecule has 2 atom stereocenters. The van der Waals surface area contributed by atoms with Crippen molar-refractivity contribution in [3.8, 4) is 11.5 Å². The zero-order valence-corrected chi connectivity index (χ0v) is 17.1. The summed E-state index contributed by atoms with van der Waals surface area (Å²) in [5.41, 5.74) is 0.753. The molecule has 2 aliphatic rings. The van der Waals surface area contributed by atoms with E-state index in [1.165, 1.54) is 0 Å². The summed E-state index contributed by atoms with van der Waals surface area (Å²) in [6, 6.07) is 16.7. The van der Waals surface area contributed by atoms with Crippen molar-refractivity contribution in [1.82, 2.24) is 9.80 Å². The Morgan fingerprint density at radius 3 is 2.63 bits per heavy atom. The van der Waals surface area contributed by atoms with Gasteiger partial charge >= 0.3 is 6.03 Å². The van der Waals surface area contributed by atoms with Crippen LogP contribution in [-0.4, -0.2) is 61.1 Å². The van der Waals surface area contributed by atoms with Crippen LogP contribution in [0.1, 0.15) is 12.8 Å². The highest BCUT2D eigenvalue weighted by Gasteiger charge is 2.32. The number of piperidine rings is 1. The van der Waals surface area contributed by atoms with Gasteiger partial charge in [0, 0.05) is 25.8 Å². The lowest BCUT2D eigenvalue weighted by atomic mass is 9.96. The van der Waals surface area contributed by atoms with Gasteiger partial charge in [-0.15, -0.1) is 0 Å². The molecule has 2 aromatic carbocycles. The summed E-state index contributed by atoms with van der Waals surface area (Å²) < 4.78 is 11.7. The van der Waals surface area contributed by atoms with E-state index in [9.17, 15) is 9.59 Å². The van der Waals surface area contributed by atoms with Gasteiger partial charge in [-0.25, -0.2) is 4.79 Å². The van der Waals surface area contributed by atoms with E-state index in [1.54, 1.807) is 16.8 Å². The van der Waals surface area contributed by atoms with E-state index >= 15 is 0 Å². The number of fused-ring (bicyclic) bond motifs is 1. The number of ether oxygens (including phenoxy) is 2. The Hall–Kier alpha value is -3.22. The molecule has 7 nitrogen and oxygen atoms in total. The van der Waals surface area contributed by atoms with Crippen LogP contribution in [0, 0.1) is 5.92 Å². The molecule has 2 aliphatic heterocycles. The third kappa shape index (κ3) is 4.67. The summed E-state index contributed by atoms with van der Waals surface area (Å²) in [4.78, 5) is 29.0. The van der Waals surface area contributed by atoms with Crippen LogP contribution in [-0.2, 0) is 4.79 Å². The molecule has 3 amide bonds. The fraction of sp³-hybridized carbons (Fsp3) is 0.391. The van der Waals surface area contributed by atoms with E-state index in [0.717, 1.165) is 24.3 Å². The molecule has 1 saturated heterocycles. The molecule has 1 fully saturated rings. The largest absolute Gasteiger partial charge is 0.486 e. The average molecular weight is 409 g/mol. The van der Waals surface area contributed by atoms with E-state index in [-0.39, 0.29) is 24.0 Å². The van der Waals surface area contributed by atoms with Gasteiger partial charge in [0.05, 0.1) is 12.5 Å². The van der Waals surface area contributed by atoms with E-state index in [4.69, 9.17) is 9.47 Å². The number of likely N-dealkylation sites (N-methyl/N-ethyl adjacent to an activating group) is 1. The highest BCUT2D eigenvalue weighted by atomic mass is 16.6. The van der Waals surface area contributed by atoms with Gasteiger partial charge in [-0.05, 0) is 37.1 Å². The normalized spacial score (nSPS) is 20.4. The van der Waals surface area contributed by atoms with Crippen LogP contribution in [0.15, 0.2) is 54.6 Å². The molecular formula is C23H27N3O4. The fourth-order valence-electron chi connectivity index (χ4n) is 3.95. The maximum atomic E-state index is 13.0. The van der Waals surface area contributed by atoms with Crippen molar-refractivity contribution >= 4 is 17.6 Å². The Morgan fingerprint density at radius 2 is 1.83 bits per heavy atom. The minimum absolute atomic E-state index is 0.0367. The van der Waals surface area contributed by atoms with Crippen LogP contribution in [0.4, 0.5) is 10.5 Å². The van der Waals surface area contributed by atoms with Gasteiger partial charge in [-0.2, -0.15) is 0 Å². The molecule has 0 spiro atoms. The maximum Gasteiger partial charge on any atom is 0.321 e. The smallest absolute Gasteiger partial charge is 0.321 e. The lowest BCUT2D eigenvalue weighted by Crippen LogP contribution is -2.49. The van der Waals surface area contributed by atoms with E-state index in [0.29, 0.717) is 32.0 Å². The summed E-state index contributed by atoms with van der Waals surface area (Å²) in [6.07, 6.45) is 1.38. The van der Waals surface area contributed by atoms with E-state index < -0.39 is 0 Å². The molecule has 0 unspecified atom stereocenters. The van der Waals surface area contributed by atoms with Gasteiger partial charge in [-0.1, -0.05) is 30.3 Å². The molecule has 0 radical (unpaired) electrons. The molecule has 2 aromatic rings. The van der Waals surface area contributed by atoms with Crippen LogP contribution in [0.3, 0.4) is 0 Å². The Bertz CT molecular complexity index is 889. The second-order valence-electron chi connectivity index (χ2n) is 7.80. The van der Waals surface area contributed by atoms with Crippen molar-refractivity contribution < 1.29 is 19.1 Å². The maximum absolute atomic E-state index is 13.0. The van der Waals surface area contributed by atoms with Gasteiger partial charge in [-0.3, -0.25) is 4.79 Å². The average Bonchev–Trinajstić information content (AvgIpc) is 2.79. The zero-order valence-electron chi connectivity index (χ0n) is 17.1. The molecule has 158 valence electrons.